The average Bonchev–Trinajstić information content (AvgIpc) is 2.89. The Balaban J connectivity index is 1.19. The molecule has 9 heteroatoms. The maximum Gasteiger partial charge on any atom is 0.321 e. The van der Waals surface area contributed by atoms with Crippen molar-refractivity contribution in [1.82, 2.24) is 14.8 Å². The van der Waals surface area contributed by atoms with Gasteiger partial charge in [-0.2, -0.15) is 0 Å². The molecule has 36 heavy (non-hydrogen) atoms. The van der Waals surface area contributed by atoms with Crippen molar-refractivity contribution in [2.45, 2.75) is 0 Å². The first-order valence-corrected chi connectivity index (χ1v) is 12.2. The van der Waals surface area contributed by atoms with Gasteiger partial charge in [0.1, 0.15) is 5.15 Å². The van der Waals surface area contributed by atoms with E-state index in [4.69, 9.17) is 23.2 Å². The molecule has 1 aliphatic rings. The molecule has 4 aromatic rings. The second-order valence-corrected chi connectivity index (χ2v) is 9.26. The van der Waals surface area contributed by atoms with Crippen molar-refractivity contribution in [3.05, 3.63) is 94.6 Å². The molecule has 1 saturated heterocycles. The highest BCUT2D eigenvalue weighted by Gasteiger charge is 2.25. The van der Waals surface area contributed by atoms with Gasteiger partial charge in [0.05, 0.1) is 11.2 Å². The fourth-order valence-corrected chi connectivity index (χ4v) is 4.55. The Labute approximate surface area is 218 Å². The summed E-state index contributed by atoms with van der Waals surface area (Å²) >= 11 is 12.2. The maximum absolute atomic E-state index is 13.0. The van der Waals surface area contributed by atoms with Gasteiger partial charge < -0.3 is 20.4 Å². The van der Waals surface area contributed by atoms with Crippen LogP contribution < -0.4 is 10.6 Å². The van der Waals surface area contributed by atoms with Crippen LogP contribution in [0.5, 0.6) is 0 Å². The number of pyridine rings is 1. The molecule has 0 spiro atoms. The minimum Gasteiger partial charge on any atom is -0.355 e. The van der Waals surface area contributed by atoms with Gasteiger partial charge in [0.2, 0.25) is 0 Å². The number of amides is 3. The quantitative estimate of drug-likeness (QED) is 0.311. The van der Waals surface area contributed by atoms with E-state index >= 15 is 0 Å². The van der Waals surface area contributed by atoms with Crippen LogP contribution in [0.25, 0.3) is 10.9 Å². The summed E-state index contributed by atoms with van der Waals surface area (Å²) in [6, 6.07) is 23.7. The van der Waals surface area contributed by atoms with Crippen molar-refractivity contribution >= 4 is 63.1 Å². The van der Waals surface area contributed by atoms with Crippen molar-refractivity contribution in [2.75, 3.05) is 36.8 Å². The summed E-state index contributed by atoms with van der Waals surface area (Å²) < 4.78 is 0. The highest BCUT2D eigenvalue weighted by Crippen LogP contribution is 2.28. The zero-order valence-electron chi connectivity index (χ0n) is 19.2. The molecular formula is C27H23Cl2N5O2. The van der Waals surface area contributed by atoms with Gasteiger partial charge in [0, 0.05) is 53.5 Å². The second-order valence-electron chi connectivity index (χ2n) is 8.43. The fourth-order valence-electron chi connectivity index (χ4n) is 4.16. The highest BCUT2D eigenvalue weighted by atomic mass is 35.5. The molecule has 2 N–H and O–H groups in total. The van der Waals surface area contributed by atoms with Gasteiger partial charge in [0.15, 0.2) is 0 Å². The Morgan fingerprint density at radius 2 is 1.50 bits per heavy atom. The standard InChI is InChI=1S/C27H23Cl2N5O2/c28-19-4-3-5-21(16-19)31-27(36)34-14-12-33(13-15-34)26(35)18-8-10-20(11-9-18)30-24-17-25(29)32-23-7-2-1-6-22(23)24/h1-11,16-17H,12-15H2,(H,30,32)(H,31,36). The lowest BCUT2D eigenvalue weighted by atomic mass is 10.1. The van der Waals surface area contributed by atoms with Crippen molar-refractivity contribution in [2.24, 2.45) is 0 Å². The Morgan fingerprint density at radius 3 is 2.25 bits per heavy atom. The lowest BCUT2D eigenvalue weighted by Gasteiger charge is -2.34. The molecular weight excluding hydrogens is 497 g/mol. The first kappa shape index (κ1) is 23.9. The number of halogens is 2. The van der Waals surface area contributed by atoms with E-state index in [0.717, 1.165) is 22.3 Å². The molecule has 0 unspecified atom stereocenters. The predicted octanol–water partition coefficient (Wildman–Crippen LogP) is 6.28. The van der Waals surface area contributed by atoms with Crippen molar-refractivity contribution in [3.8, 4) is 0 Å². The van der Waals surface area contributed by atoms with Gasteiger partial charge in [0.25, 0.3) is 5.91 Å². The summed E-state index contributed by atoms with van der Waals surface area (Å²) in [5.41, 5.74) is 3.72. The Bertz CT molecular complexity index is 1420. The zero-order chi connectivity index (χ0) is 25.1. The Hall–Kier alpha value is -3.81. The zero-order valence-corrected chi connectivity index (χ0v) is 20.8. The van der Waals surface area contributed by atoms with Crippen molar-refractivity contribution < 1.29 is 9.59 Å². The van der Waals surface area contributed by atoms with E-state index in [-0.39, 0.29) is 11.9 Å². The maximum atomic E-state index is 13.0. The minimum absolute atomic E-state index is 0.0612. The number of anilines is 3. The van der Waals surface area contributed by atoms with Gasteiger partial charge in [-0.15, -0.1) is 0 Å². The first-order valence-electron chi connectivity index (χ1n) is 11.5. The summed E-state index contributed by atoms with van der Waals surface area (Å²) in [5.74, 6) is -0.0612. The molecule has 1 aromatic heterocycles. The molecule has 182 valence electrons. The normalized spacial score (nSPS) is 13.5. The van der Waals surface area contributed by atoms with Crippen LogP contribution in [0.15, 0.2) is 78.9 Å². The van der Waals surface area contributed by atoms with E-state index < -0.39 is 0 Å². The van der Waals surface area contributed by atoms with E-state index in [2.05, 4.69) is 15.6 Å². The molecule has 3 amide bonds. The number of hydrogen-bond donors (Lipinski definition) is 2. The summed E-state index contributed by atoms with van der Waals surface area (Å²) in [6.07, 6.45) is 0. The lowest BCUT2D eigenvalue weighted by molar-refractivity contribution is 0.0671. The molecule has 5 rings (SSSR count). The first-order chi connectivity index (χ1) is 17.5. The molecule has 1 fully saturated rings. The molecule has 0 radical (unpaired) electrons. The number of para-hydroxylation sites is 1. The second kappa shape index (κ2) is 10.4. The van der Waals surface area contributed by atoms with Crippen LogP contribution in [0.2, 0.25) is 10.2 Å². The Morgan fingerprint density at radius 1 is 0.778 bits per heavy atom. The molecule has 2 heterocycles. The van der Waals surface area contributed by atoms with Gasteiger partial charge in [-0.1, -0.05) is 47.5 Å². The number of aromatic nitrogens is 1. The number of urea groups is 1. The highest BCUT2D eigenvalue weighted by molar-refractivity contribution is 6.31. The number of carbonyl (C=O) groups is 2. The third-order valence-corrected chi connectivity index (χ3v) is 6.45. The molecule has 7 nitrogen and oxygen atoms in total. The number of benzene rings is 3. The summed E-state index contributed by atoms with van der Waals surface area (Å²) in [6.45, 7) is 1.83. The monoisotopic (exact) mass is 519 g/mol. The van der Waals surface area contributed by atoms with Gasteiger partial charge in [-0.25, -0.2) is 9.78 Å². The topological polar surface area (TPSA) is 77.6 Å². The third-order valence-electron chi connectivity index (χ3n) is 6.03. The number of hydrogen-bond acceptors (Lipinski definition) is 4. The Kier molecular flexibility index (Phi) is 6.93. The summed E-state index contributed by atoms with van der Waals surface area (Å²) in [4.78, 5) is 33.4. The number of nitrogens with zero attached hydrogens (tertiary/aromatic N) is 3. The van der Waals surface area contributed by atoms with E-state index in [9.17, 15) is 9.59 Å². The molecule has 0 atom stereocenters. The van der Waals surface area contributed by atoms with Gasteiger partial charge in [-0.05, 0) is 54.6 Å². The molecule has 0 saturated carbocycles. The molecule has 0 bridgehead atoms. The van der Waals surface area contributed by atoms with Gasteiger partial charge in [-0.3, -0.25) is 4.79 Å². The van der Waals surface area contributed by atoms with Crippen LogP contribution in [-0.2, 0) is 0 Å². The van der Waals surface area contributed by atoms with Crippen LogP contribution in [0.3, 0.4) is 0 Å². The van der Waals surface area contributed by atoms with E-state index in [1.165, 1.54) is 0 Å². The lowest BCUT2D eigenvalue weighted by Crippen LogP contribution is -2.51. The number of fused-ring (bicyclic) bond motifs is 1. The third kappa shape index (κ3) is 5.37. The van der Waals surface area contributed by atoms with Gasteiger partial charge >= 0.3 is 6.03 Å². The smallest absolute Gasteiger partial charge is 0.321 e. The van der Waals surface area contributed by atoms with E-state index in [1.807, 2.05) is 36.4 Å². The number of rotatable bonds is 4. The van der Waals surface area contributed by atoms with Crippen LogP contribution >= 0.6 is 23.2 Å². The van der Waals surface area contributed by atoms with Crippen LogP contribution in [-0.4, -0.2) is 52.9 Å². The summed E-state index contributed by atoms with van der Waals surface area (Å²) in [7, 11) is 0. The molecule has 3 aromatic carbocycles. The van der Waals surface area contributed by atoms with E-state index in [1.54, 1.807) is 52.3 Å². The fraction of sp³-hybridized carbons (Fsp3) is 0.148. The largest absolute Gasteiger partial charge is 0.355 e. The van der Waals surface area contributed by atoms with Crippen molar-refractivity contribution in [3.63, 3.8) is 0 Å². The van der Waals surface area contributed by atoms with Crippen LogP contribution in [0.4, 0.5) is 21.9 Å². The summed E-state index contributed by atoms with van der Waals surface area (Å²) in [5, 5.41) is 8.14. The van der Waals surface area contributed by atoms with Crippen LogP contribution in [0.1, 0.15) is 10.4 Å². The van der Waals surface area contributed by atoms with E-state index in [0.29, 0.717) is 47.6 Å². The van der Waals surface area contributed by atoms with Crippen molar-refractivity contribution in [1.29, 1.82) is 0 Å². The number of carbonyl (C=O) groups excluding carboxylic acids is 2. The minimum atomic E-state index is -0.205. The predicted molar refractivity (Wildman–Crippen MR) is 144 cm³/mol. The number of nitrogens with one attached hydrogen (secondary N) is 2. The molecule has 0 aliphatic carbocycles. The van der Waals surface area contributed by atoms with Crippen LogP contribution in [0, 0.1) is 0 Å². The number of piperazine rings is 1. The SMILES string of the molecule is O=C(Nc1cccc(Cl)c1)N1CCN(C(=O)c2ccc(Nc3cc(Cl)nc4ccccc34)cc2)CC1. The molecule has 1 aliphatic heterocycles. The average molecular weight is 520 g/mol.